The Morgan fingerprint density at radius 1 is 0.811 bits per heavy atom. The van der Waals surface area contributed by atoms with Crippen LogP contribution >= 0.6 is 15.9 Å². The van der Waals surface area contributed by atoms with Crippen molar-refractivity contribution in [2.75, 3.05) is 35.5 Å². The molecule has 0 amide bonds. The highest BCUT2D eigenvalue weighted by molar-refractivity contribution is 9.10. The zero-order valence-corrected chi connectivity index (χ0v) is 22.7. The van der Waals surface area contributed by atoms with Crippen LogP contribution in [0, 0.1) is 5.82 Å². The van der Waals surface area contributed by atoms with Crippen molar-refractivity contribution in [3.8, 4) is 28.7 Å². The van der Waals surface area contributed by atoms with Gasteiger partial charge in [0.2, 0.25) is 5.75 Å². The maximum absolute atomic E-state index is 13.9. The van der Waals surface area contributed by atoms with E-state index >= 15 is 0 Å². The summed E-state index contributed by atoms with van der Waals surface area (Å²) < 4.78 is 41.2. The van der Waals surface area contributed by atoms with Gasteiger partial charge >= 0.3 is 0 Å². The highest BCUT2D eigenvalue weighted by Gasteiger charge is 2.13. The lowest BCUT2D eigenvalue weighted by Gasteiger charge is -2.13. The number of Topliss-reactive ketones (excluding diaryl/α,β-unsaturated/α-hetero) is 1. The number of rotatable bonds is 11. The van der Waals surface area contributed by atoms with E-state index in [1.807, 2.05) is 36.4 Å². The van der Waals surface area contributed by atoms with E-state index in [-0.39, 0.29) is 23.5 Å². The van der Waals surface area contributed by atoms with Gasteiger partial charge in [-0.25, -0.2) is 4.39 Å². The zero-order chi connectivity index (χ0) is 26.9. The third kappa shape index (κ3) is 6.68. The number of halogens is 2. The number of benzene rings is 3. The molecule has 0 aliphatic heterocycles. The van der Waals surface area contributed by atoms with Gasteiger partial charge in [-0.05, 0) is 69.5 Å². The number of ketones is 1. The van der Waals surface area contributed by atoms with Gasteiger partial charge in [0.05, 0.1) is 40.0 Å². The Morgan fingerprint density at radius 2 is 1.41 bits per heavy atom. The summed E-state index contributed by atoms with van der Waals surface area (Å²) in [7, 11) is 7.58. The van der Waals surface area contributed by atoms with Gasteiger partial charge in [0, 0.05) is 18.2 Å². The topological polar surface area (TPSA) is 75.6 Å². The van der Waals surface area contributed by atoms with E-state index in [9.17, 15) is 9.18 Å². The second-order valence-corrected chi connectivity index (χ2v) is 8.49. The first-order valence-corrected chi connectivity index (χ1v) is 11.9. The first kappa shape index (κ1) is 27.7. The molecule has 0 fully saturated rings. The lowest BCUT2D eigenvalue weighted by Crippen LogP contribution is -2.01. The van der Waals surface area contributed by atoms with Crippen LogP contribution in [0.4, 0.5) is 10.1 Å². The standard InChI is InChI=1S/C28H27BrFNO6/c1-33-24-9-8-19(16-21(24)30)23(32)10-11-31-22-13-17(12-20(29)27(22)36-4)6-7-18-14-25(34-2)28(37-5)26(15-18)35-3/h6-9,11-16H,10H2,1-5H3/b7-6-,31-11?. The number of hydrogen-bond acceptors (Lipinski definition) is 7. The first-order valence-electron chi connectivity index (χ1n) is 11.1. The summed E-state index contributed by atoms with van der Waals surface area (Å²) in [6.07, 6.45) is 5.25. The van der Waals surface area contributed by atoms with Gasteiger partial charge in [-0.2, -0.15) is 0 Å². The third-order valence-electron chi connectivity index (χ3n) is 5.39. The zero-order valence-electron chi connectivity index (χ0n) is 21.1. The minimum absolute atomic E-state index is 0.0158. The van der Waals surface area contributed by atoms with Crippen LogP contribution in [0.5, 0.6) is 28.7 Å². The van der Waals surface area contributed by atoms with Crippen molar-refractivity contribution in [3.63, 3.8) is 0 Å². The molecule has 0 saturated carbocycles. The van der Waals surface area contributed by atoms with Crippen LogP contribution in [0.1, 0.15) is 27.9 Å². The number of carbonyl (C=O) groups is 1. The molecular weight excluding hydrogens is 545 g/mol. The minimum Gasteiger partial charge on any atom is -0.494 e. The van der Waals surface area contributed by atoms with Gasteiger partial charge in [-0.1, -0.05) is 12.2 Å². The van der Waals surface area contributed by atoms with E-state index in [0.29, 0.717) is 33.2 Å². The average molecular weight is 572 g/mol. The van der Waals surface area contributed by atoms with Crippen molar-refractivity contribution in [1.29, 1.82) is 0 Å². The van der Waals surface area contributed by atoms with E-state index < -0.39 is 5.82 Å². The molecular formula is C28H27BrFNO6. The Hall–Kier alpha value is -3.85. The molecule has 37 heavy (non-hydrogen) atoms. The minimum atomic E-state index is -0.595. The number of nitrogens with zero attached hydrogens (tertiary/aromatic N) is 1. The molecule has 194 valence electrons. The maximum Gasteiger partial charge on any atom is 0.203 e. The summed E-state index contributed by atoms with van der Waals surface area (Å²) in [6.45, 7) is 0. The Balaban J connectivity index is 1.84. The van der Waals surface area contributed by atoms with Crippen molar-refractivity contribution in [2.24, 2.45) is 4.99 Å². The predicted molar refractivity (Wildman–Crippen MR) is 146 cm³/mol. The van der Waals surface area contributed by atoms with Crippen molar-refractivity contribution in [2.45, 2.75) is 6.42 Å². The van der Waals surface area contributed by atoms with E-state index in [0.717, 1.165) is 17.2 Å². The van der Waals surface area contributed by atoms with Crippen LogP contribution in [0.15, 0.2) is 51.9 Å². The molecule has 0 heterocycles. The van der Waals surface area contributed by atoms with Gasteiger partial charge in [-0.3, -0.25) is 9.79 Å². The number of methoxy groups -OCH3 is 5. The highest BCUT2D eigenvalue weighted by atomic mass is 79.9. The highest BCUT2D eigenvalue weighted by Crippen LogP contribution is 2.40. The molecule has 3 rings (SSSR count). The van der Waals surface area contributed by atoms with Crippen LogP contribution in [0.3, 0.4) is 0 Å². The van der Waals surface area contributed by atoms with Gasteiger partial charge in [0.15, 0.2) is 34.6 Å². The Labute approximate surface area is 223 Å². The van der Waals surface area contributed by atoms with Crippen LogP contribution in [0.2, 0.25) is 0 Å². The van der Waals surface area contributed by atoms with Crippen LogP contribution in [0.25, 0.3) is 12.2 Å². The van der Waals surface area contributed by atoms with Gasteiger partial charge in [-0.15, -0.1) is 0 Å². The molecule has 0 radical (unpaired) electrons. The van der Waals surface area contributed by atoms with Crippen molar-refractivity contribution < 1.29 is 32.9 Å². The fraction of sp³-hybridized carbons (Fsp3) is 0.214. The second kappa shape index (κ2) is 12.9. The smallest absolute Gasteiger partial charge is 0.203 e. The number of aliphatic imine (C=N–C) groups is 1. The summed E-state index contributed by atoms with van der Waals surface area (Å²) >= 11 is 3.52. The summed E-state index contributed by atoms with van der Waals surface area (Å²) in [6, 6.07) is 11.5. The molecule has 0 unspecified atom stereocenters. The summed E-state index contributed by atoms with van der Waals surface area (Å²) in [5.74, 6) is 1.33. The van der Waals surface area contributed by atoms with E-state index in [2.05, 4.69) is 20.9 Å². The largest absolute Gasteiger partial charge is 0.494 e. The molecule has 0 aliphatic carbocycles. The van der Waals surface area contributed by atoms with Crippen molar-refractivity contribution in [1.82, 2.24) is 0 Å². The number of ether oxygens (including phenoxy) is 5. The quantitative estimate of drug-likeness (QED) is 0.143. The summed E-state index contributed by atoms with van der Waals surface area (Å²) in [5.41, 5.74) is 2.43. The Morgan fingerprint density at radius 3 is 1.95 bits per heavy atom. The van der Waals surface area contributed by atoms with E-state index in [1.165, 1.54) is 32.6 Å². The molecule has 0 bridgehead atoms. The predicted octanol–water partition coefficient (Wildman–Crippen LogP) is 6.78. The van der Waals surface area contributed by atoms with Gasteiger partial charge < -0.3 is 23.7 Å². The first-order chi connectivity index (χ1) is 17.8. The fourth-order valence-electron chi connectivity index (χ4n) is 3.57. The second-order valence-electron chi connectivity index (χ2n) is 7.64. The van der Waals surface area contributed by atoms with Crippen LogP contribution < -0.4 is 23.7 Å². The Kier molecular flexibility index (Phi) is 9.68. The van der Waals surface area contributed by atoms with Crippen molar-refractivity contribution >= 4 is 45.8 Å². The van der Waals surface area contributed by atoms with E-state index in [1.54, 1.807) is 21.3 Å². The molecule has 7 nitrogen and oxygen atoms in total. The lowest BCUT2D eigenvalue weighted by atomic mass is 10.1. The molecule has 0 saturated heterocycles. The van der Waals surface area contributed by atoms with E-state index in [4.69, 9.17) is 23.7 Å². The molecule has 0 N–H and O–H groups in total. The monoisotopic (exact) mass is 571 g/mol. The lowest BCUT2D eigenvalue weighted by molar-refractivity contribution is 0.100. The maximum atomic E-state index is 13.9. The molecule has 0 spiro atoms. The normalized spacial score (nSPS) is 11.1. The third-order valence-corrected chi connectivity index (χ3v) is 5.98. The molecule has 0 atom stereocenters. The molecule has 3 aromatic rings. The fourth-order valence-corrected chi connectivity index (χ4v) is 4.20. The molecule has 3 aromatic carbocycles. The van der Waals surface area contributed by atoms with Crippen LogP contribution in [-0.2, 0) is 0 Å². The number of hydrogen-bond donors (Lipinski definition) is 0. The summed E-state index contributed by atoms with van der Waals surface area (Å²) in [4.78, 5) is 16.9. The average Bonchev–Trinajstić information content (AvgIpc) is 2.90. The van der Waals surface area contributed by atoms with Gasteiger partial charge in [0.25, 0.3) is 0 Å². The van der Waals surface area contributed by atoms with Crippen molar-refractivity contribution in [3.05, 3.63) is 69.4 Å². The molecule has 0 aliphatic rings. The summed E-state index contributed by atoms with van der Waals surface area (Å²) in [5, 5.41) is 0. The number of carbonyl (C=O) groups excluding carboxylic acids is 1. The SMILES string of the molecule is COc1ccc(C(=O)CC=Nc2cc(/C=C\c3cc(OC)c(OC)c(OC)c3)cc(Br)c2OC)cc1F. The van der Waals surface area contributed by atoms with Crippen LogP contribution in [-0.4, -0.2) is 47.5 Å². The Bertz CT molecular complexity index is 1310. The molecule has 0 aromatic heterocycles. The molecule has 9 heteroatoms. The van der Waals surface area contributed by atoms with Gasteiger partial charge in [0.1, 0.15) is 5.69 Å².